The first-order valence-corrected chi connectivity index (χ1v) is 3.43. The Morgan fingerprint density at radius 2 is 2.22 bits per heavy atom. The molecule has 0 unspecified atom stereocenters. The molecule has 0 aromatic heterocycles. The Morgan fingerprint density at radius 1 is 1.56 bits per heavy atom. The van der Waals surface area contributed by atoms with Gasteiger partial charge in [0, 0.05) is 6.54 Å². The smallest absolute Gasteiger partial charge is 0.134 e. The van der Waals surface area contributed by atoms with Crippen LogP contribution in [-0.2, 0) is 0 Å². The second-order valence-corrected chi connectivity index (χ2v) is 2.39. The average Bonchev–Trinajstić information content (AvgIpc) is 1.80. The second kappa shape index (κ2) is 5.98. The maximum atomic E-state index is 4.46. The molecule has 0 heterocycles. The number of thiocarbonyl (C=S) groups is 1. The third kappa shape index (κ3) is 7.85. The van der Waals surface area contributed by atoms with E-state index in [2.05, 4.69) is 42.0 Å². The lowest BCUT2D eigenvalue weighted by Crippen LogP contribution is -2.19. The molecule has 2 nitrogen and oxygen atoms in total. The van der Waals surface area contributed by atoms with E-state index < -0.39 is 0 Å². The van der Waals surface area contributed by atoms with Crippen LogP contribution in [0.1, 0.15) is 6.42 Å². The van der Waals surface area contributed by atoms with E-state index in [1.54, 1.807) is 0 Å². The molecule has 0 atom stereocenters. The first-order valence-electron chi connectivity index (χ1n) is 3.02. The zero-order valence-corrected chi connectivity index (χ0v) is 6.79. The van der Waals surface area contributed by atoms with Crippen LogP contribution >= 0.6 is 12.2 Å². The molecule has 0 spiro atoms. The molecular formula is C6H13N2S. The number of rotatable bonds is 5. The van der Waals surface area contributed by atoms with Crippen molar-refractivity contribution < 1.29 is 0 Å². The van der Waals surface area contributed by atoms with Crippen molar-refractivity contribution in [2.24, 2.45) is 0 Å². The monoisotopic (exact) mass is 145 g/mol. The van der Waals surface area contributed by atoms with Gasteiger partial charge in [0.15, 0.2) is 0 Å². The van der Waals surface area contributed by atoms with E-state index in [1.807, 2.05) is 0 Å². The zero-order chi connectivity index (χ0) is 7.11. The molecule has 0 bridgehead atoms. The van der Waals surface area contributed by atoms with Crippen LogP contribution in [0.2, 0.25) is 0 Å². The first-order chi connectivity index (χ1) is 4.27. The van der Waals surface area contributed by atoms with E-state index in [9.17, 15) is 0 Å². The Morgan fingerprint density at radius 3 is 2.67 bits per heavy atom. The molecule has 1 N–H and O–H groups in total. The van der Waals surface area contributed by atoms with Gasteiger partial charge in [-0.15, -0.1) is 0 Å². The molecule has 1 radical (unpaired) electrons. The van der Waals surface area contributed by atoms with Crippen molar-refractivity contribution in [3.05, 3.63) is 0 Å². The third-order valence-electron chi connectivity index (χ3n) is 0.979. The summed E-state index contributed by atoms with van der Waals surface area (Å²) in [5.74, 6) is 0. The van der Waals surface area contributed by atoms with Crippen LogP contribution < -0.4 is 5.32 Å². The maximum Gasteiger partial charge on any atom is 0.134 e. The number of hydrogen-bond acceptors (Lipinski definition) is 2. The van der Waals surface area contributed by atoms with Gasteiger partial charge in [0.05, 0.1) is 0 Å². The molecule has 0 aliphatic carbocycles. The fourth-order valence-corrected chi connectivity index (χ4v) is 0.637. The Kier molecular flexibility index (Phi) is 5.88. The number of nitrogens with zero attached hydrogens (tertiary/aromatic N) is 1. The fraction of sp³-hybridized carbons (Fsp3) is 0.833. The lowest BCUT2D eigenvalue weighted by molar-refractivity contribution is 0.400. The van der Waals surface area contributed by atoms with Crippen molar-refractivity contribution in [1.29, 1.82) is 0 Å². The van der Waals surface area contributed by atoms with Crippen LogP contribution in [0.15, 0.2) is 0 Å². The predicted molar refractivity (Wildman–Crippen MR) is 43.8 cm³/mol. The predicted octanol–water partition coefficient (Wildman–Crippen LogP) is 0.362. The Labute approximate surface area is 62.2 Å². The van der Waals surface area contributed by atoms with Crippen molar-refractivity contribution in [1.82, 2.24) is 10.2 Å². The van der Waals surface area contributed by atoms with Crippen molar-refractivity contribution in [3.63, 3.8) is 0 Å². The van der Waals surface area contributed by atoms with Crippen LogP contribution in [0.4, 0.5) is 0 Å². The summed E-state index contributed by atoms with van der Waals surface area (Å²) in [5.41, 5.74) is 2.46. The summed E-state index contributed by atoms with van der Waals surface area (Å²) in [7, 11) is 4.11. The Hall–Kier alpha value is -0.150. The molecule has 0 aliphatic heterocycles. The molecule has 0 aromatic rings. The molecule has 3 heteroatoms. The molecule has 9 heavy (non-hydrogen) atoms. The van der Waals surface area contributed by atoms with Crippen molar-refractivity contribution in [3.8, 4) is 0 Å². The molecular weight excluding hydrogens is 132 g/mol. The first kappa shape index (κ1) is 8.85. The highest BCUT2D eigenvalue weighted by atomic mass is 32.1. The van der Waals surface area contributed by atoms with E-state index in [0.717, 1.165) is 19.5 Å². The van der Waals surface area contributed by atoms with Crippen LogP contribution in [0.3, 0.4) is 0 Å². The van der Waals surface area contributed by atoms with Gasteiger partial charge in [-0.3, -0.25) is 0 Å². The summed E-state index contributed by atoms with van der Waals surface area (Å²) in [5, 5.41) is 2.84. The zero-order valence-electron chi connectivity index (χ0n) is 5.98. The van der Waals surface area contributed by atoms with Crippen LogP contribution in [-0.4, -0.2) is 37.6 Å². The SMILES string of the molecule is CN(C)CCCN[C]=S. The second-order valence-electron chi connectivity index (χ2n) is 2.19. The minimum absolute atomic E-state index is 0.932. The highest BCUT2D eigenvalue weighted by Crippen LogP contribution is 1.78. The summed E-state index contributed by atoms with van der Waals surface area (Å²) in [6.07, 6.45) is 1.12. The highest BCUT2D eigenvalue weighted by molar-refractivity contribution is 7.78. The van der Waals surface area contributed by atoms with E-state index >= 15 is 0 Å². The van der Waals surface area contributed by atoms with Crippen molar-refractivity contribution >= 4 is 17.7 Å². The lowest BCUT2D eigenvalue weighted by atomic mass is 10.4. The van der Waals surface area contributed by atoms with E-state index in [1.165, 1.54) is 0 Å². The molecule has 0 saturated carbocycles. The van der Waals surface area contributed by atoms with Gasteiger partial charge in [0.1, 0.15) is 5.49 Å². The largest absolute Gasteiger partial charge is 0.374 e. The van der Waals surface area contributed by atoms with E-state index in [-0.39, 0.29) is 0 Å². The van der Waals surface area contributed by atoms with Crippen LogP contribution in [0, 0.1) is 0 Å². The van der Waals surface area contributed by atoms with Crippen LogP contribution in [0.5, 0.6) is 0 Å². The van der Waals surface area contributed by atoms with Gasteiger partial charge in [-0.2, -0.15) is 0 Å². The highest BCUT2D eigenvalue weighted by Gasteiger charge is 1.86. The molecule has 53 valence electrons. The summed E-state index contributed by atoms with van der Waals surface area (Å²) >= 11 is 4.46. The average molecular weight is 145 g/mol. The quantitative estimate of drug-likeness (QED) is 0.342. The topological polar surface area (TPSA) is 15.3 Å². The van der Waals surface area contributed by atoms with Gasteiger partial charge >= 0.3 is 0 Å². The molecule has 0 amide bonds. The molecule has 0 aromatic carbocycles. The van der Waals surface area contributed by atoms with Gasteiger partial charge in [0.2, 0.25) is 0 Å². The molecule has 0 aliphatic rings. The van der Waals surface area contributed by atoms with E-state index in [0.29, 0.717) is 0 Å². The maximum absolute atomic E-state index is 4.46. The summed E-state index contributed by atoms with van der Waals surface area (Å²) in [4.78, 5) is 2.14. The lowest BCUT2D eigenvalue weighted by Gasteiger charge is -2.07. The standard InChI is InChI=1S/C6H13N2S/c1-8(2)5-3-4-7-6-9/h3-5H2,1-2H3,(H,7,9). The minimum Gasteiger partial charge on any atom is -0.374 e. The normalized spacial score (nSPS) is 9.67. The number of nitrogens with one attached hydrogen (secondary N) is 1. The molecule has 0 saturated heterocycles. The summed E-state index contributed by atoms with van der Waals surface area (Å²) < 4.78 is 0. The van der Waals surface area contributed by atoms with Gasteiger partial charge in [0.25, 0.3) is 0 Å². The Bertz CT molecular complexity index is 73.5. The van der Waals surface area contributed by atoms with Gasteiger partial charge < -0.3 is 10.2 Å². The fourth-order valence-electron chi connectivity index (χ4n) is 0.535. The number of hydrogen-bond donors (Lipinski definition) is 1. The van der Waals surface area contributed by atoms with Crippen LogP contribution in [0.25, 0.3) is 0 Å². The molecule has 0 rings (SSSR count). The van der Waals surface area contributed by atoms with E-state index in [4.69, 9.17) is 0 Å². The van der Waals surface area contributed by atoms with Gasteiger partial charge in [-0.25, -0.2) is 0 Å². The van der Waals surface area contributed by atoms with Gasteiger partial charge in [-0.05, 0) is 27.1 Å². The Balaban J connectivity index is 2.82. The van der Waals surface area contributed by atoms with Crippen molar-refractivity contribution in [2.75, 3.05) is 27.2 Å². The molecule has 0 fully saturated rings. The summed E-state index contributed by atoms with van der Waals surface area (Å²) in [6, 6.07) is 0. The van der Waals surface area contributed by atoms with Crippen molar-refractivity contribution in [2.45, 2.75) is 6.42 Å². The summed E-state index contributed by atoms with van der Waals surface area (Å²) in [6.45, 7) is 2.03. The third-order valence-corrected chi connectivity index (χ3v) is 1.12. The van der Waals surface area contributed by atoms with Gasteiger partial charge in [-0.1, -0.05) is 12.2 Å². The minimum atomic E-state index is 0.932.